The molecule has 5 rings (SSSR count). The van der Waals surface area contributed by atoms with Crippen LogP contribution in [-0.2, 0) is 32.0 Å². The van der Waals surface area contributed by atoms with Gasteiger partial charge in [-0.15, -0.1) is 0 Å². The van der Waals surface area contributed by atoms with Gasteiger partial charge < -0.3 is 29.6 Å². The minimum atomic E-state index is -1.10. The van der Waals surface area contributed by atoms with Crippen LogP contribution in [0.25, 0.3) is 27.7 Å². The third-order valence-corrected chi connectivity index (χ3v) is 10.3. The number of aliphatic carboxylic acids is 1. The Balaban J connectivity index is 1.52. The molecule has 2 aliphatic rings. The molecule has 1 saturated heterocycles. The van der Waals surface area contributed by atoms with E-state index < -0.39 is 41.1 Å². The number of aliphatic hydroxyl groups excluding tert-OH is 1. The summed E-state index contributed by atoms with van der Waals surface area (Å²) in [6.07, 6.45) is 2.19. The van der Waals surface area contributed by atoms with Crippen molar-refractivity contribution in [3.05, 3.63) is 59.2 Å². The van der Waals surface area contributed by atoms with Crippen molar-refractivity contribution in [3.8, 4) is 11.3 Å². The number of fused-ring (bicyclic) bond motifs is 1. The minimum Gasteiger partial charge on any atom is -0.480 e. The van der Waals surface area contributed by atoms with Crippen LogP contribution in [0.15, 0.2) is 42.4 Å². The number of halogens is 1. The van der Waals surface area contributed by atoms with E-state index in [1.807, 2.05) is 56.0 Å². The Labute approximate surface area is 322 Å². The quantitative estimate of drug-likeness (QED) is 0.166. The number of nitrogens with zero attached hydrogens (tertiary/aromatic N) is 4. The van der Waals surface area contributed by atoms with E-state index in [1.54, 1.807) is 34.1 Å². The van der Waals surface area contributed by atoms with Crippen molar-refractivity contribution in [2.75, 3.05) is 39.9 Å². The van der Waals surface area contributed by atoms with E-state index >= 15 is 4.39 Å². The van der Waals surface area contributed by atoms with Crippen LogP contribution < -0.4 is 10.7 Å². The number of carboxylic acid groups (broad SMARTS) is 1. The number of rotatable bonds is 13. The number of benzene rings is 1. The van der Waals surface area contributed by atoms with Crippen molar-refractivity contribution < 1.29 is 38.5 Å². The molecule has 13 nitrogen and oxygen atoms in total. The minimum absolute atomic E-state index is 0.0326. The number of carbonyl (C=O) groups is 3. The average molecular weight is 765 g/mol. The lowest BCUT2D eigenvalue weighted by atomic mass is 9.84. The summed E-state index contributed by atoms with van der Waals surface area (Å²) in [7, 11) is 1.65. The van der Waals surface area contributed by atoms with Crippen LogP contribution in [0.5, 0.6) is 0 Å². The van der Waals surface area contributed by atoms with E-state index in [9.17, 15) is 24.6 Å². The number of carbonyl (C=O) groups excluding carboxylic acids is 2. The molecule has 0 saturated carbocycles. The molecule has 1 aromatic carbocycles. The van der Waals surface area contributed by atoms with Gasteiger partial charge in [-0.1, -0.05) is 19.9 Å². The second-order valence-corrected chi connectivity index (χ2v) is 16.3. The molecule has 14 heteroatoms. The highest BCUT2D eigenvalue weighted by Gasteiger charge is 2.36. The summed E-state index contributed by atoms with van der Waals surface area (Å²) >= 11 is 0. The van der Waals surface area contributed by atoms with Crippen LogP contribution in [0.2, 0.25) is 0 Å². The molecular weight excluding hydrogens is 707 g/mol. The van der Waals surface area contributed by atoms with Crippen LogP contribution in [0.3, 0.4) is 0 Å². The maximum Gasteiger partial charge on any atom is 0.408 e. The van der Waals surface area contributed by atoms with Crippen molar-refractivity contribution >= 4 is 34.4 Å². The van der Waals surface area contributed by atoms with Gasteiger partial charge in [0.05, 0.1) is 17.5 Å². The molecule has 0 aliphatic carbocycles. The number of aliphatic hydroxyl groups is 1. The van der Waals surface area contributed by atoms with E-state index in [4.69, 9.17) is 14.5 Å². The molecule has 2 aromatic heterocycles. The highest BCUT2D eigenvalue weighted by Crippen LogP contribution is 2.41. The molecule has 4 heterocycles. The predicted octanol–water partition coefficient (Wildman–Crippen LogP) is 5.85. The third-order valence-electron chi connectivity index (χ3n) is 10.3. The lowest BCUT2D eigenvalue weighted by molar-refractivity contribution is -0.148. The third kappa shape index (κ3) is 9.72. The summed E-state index contributed by atoms with van der Waals surface area (Å²) in [5, 5.41) is 24.9. The molecule has 0 unspecified atom stereocenters. The maximum absolute atomic E-state index is 16.0. The smallest absolute Gasteiger partial charge is 0.408 e. The maximum atomic E-state index is 16.0. The Morgan fingerprint density at radius 3 is 2.55 bits per heavy atom. The second-order valence-electron chi connectivity index (χ2n) is 16.3. The molecule has 2 aliphatic heterocycles. The van der Waals surface area contributed by atoms with E-state index in [2.05, 4.69) is 22.2 Å². The van der Waals surface area contributed by atoms with E-state index in [-0.39, 0.29) is 44.6 Å². The van der Waals surface area contributed by atoms with Crippen molar-refractivity contribution in [2.45, 2.75) is 104 Å². The van der Waals surface area contributed by atoms with Crippen molar-refractivity contribution in [1.82, 2.24) is 30.2 Å². The fraction of sp³-hybridized carbons (Fsp3) is 0.561. The summed E-state index contributed by atoms with van der Waals surface area (Å²) in [5.41, 5.74) is 7.38. The largest absolute Gasteiger partial charge is 0.480 e. The van der Waals surface area contributed by atoms with Crippen LogP contribution in [-0.4, -0.2) is 105 Å². The summed E-state index contributed by atoms with van der Waals surface area (Å²) < 4.78 is 29.4. The summed E-state index contributed by atoms with van der Waals surface area (Å²) in [6.45, 7) is 14.6. The molecule has 1 fully saturated rings. The number of amides is 2. The lowest BCUT2D eigenvalue weighted by Crippen LogP contribution is -2.62. The monoisotopic (exact) mass is 764 g/mol. The Kier molecular flexibility index (Phi) is 13.1. The Morgan fingerprint density at radius 1 is 1.15 bits per heavy atom. The first kappa shape index (κ1) is 41.8. The van der Waals surface area contributed by atoms with Crippen LogP contribution in [0.1, 0.15) is 90.7 Å². The number of nitrogens with one attached hydrogen (secondary N) is 2. The number of hydrazine groups is 1. The molecule has 2 amide bonds. The number of hydrogen-bond acceptors (Lipinski definition) is 9. The number of pyridine rings is 1. The first-order valence-corrected chi connectivity index (χ1v) is 19.1. The Bertz CT molecular complexity index is 1920. The molecule has 55 heavy (non-hydrogen) atoms. The highest BCUT2D eigenvalue weighted by atomic mass is 19.1. The number of aromatic nitrogens is 2. The molecule has 300 valence electrons. The number of ether oxygens (including phenoxy) is 2. The first-order valence-electron chi connectivity index (χ1n) is 19.1. The zero-order valence-corrected chi connectivity index (χ0v) is 33.4. The molecule has 0 bridgehead atoms. The molecule has 0 spiro atoms. The van der Waals surface area contributed by atoms with Gasteiger partial charge in [-0.05, 0) is 94.7 Å². The predicted molar refractivity (Wildman–Crippen MR) is 209 cm³/mol. The van der Waals surface area contributed by atoms with Gasteiger partial charge >= 0.3 is 12.1 Å². The van der Waals surface area contributed by atoms with Gasteiger partial charge in [-0.2, -0.15) is 0 Å². The first-order chi connectivity index (χ1) is 26.0. The normalized spacial score (nSPS) is 18.4. The van der Waals surface area contributed by atoms with Gasteiger partial charge in [0.1, 0.15) is 23.5 Å². The summed E-state index contributed by atoms with van der Waals surface area (Å²) in [6, 6.07) is 7.87. The summed E-state index contributed by atoms with van der Waals surface area (Å²) in [4.78, 5) is 45.3. The van der Waals surface area contributed by atoms with Crippen LogP contribution >= 0.6 is 0 Å². The van der Waals surface area contributed by atoms with Gasteiger partial charge in [-0.25, -0.2) is 14.6 Å². The fourth-order valence-electron chi connectivity index (χ4n) is 7.42. The molecule has 0 radical (unpaired) electrons. The van der Waals surface area contributed by atoms with Crippen LogP contribution in [0.4, 0.5) is 9.18 Å². The zero-order valence-electron chi connectivity index (χ0n) is 33.4. The van der Waals surface area contributed by atoms with Gasteiger partial charge in [0, 0.05) is 81.1 Å². The lowest BCUT2D eigenvalue weighted by Gasteiger charge is -2.37. The van der Waals surface area contributed by atoms with Gasteiger partial charge in [-0.3, -0.25) is 24.5 Å². The van der Waals surface area contributed by atoms with E-state index in [0.717, 1.165) is 33.4 Å². The van der Waals surface area contributed by atoms with Crippen molar-refractivity contribution in [3.63, 3.8) is 0 Å². The van der Waals surface area contributed by atoms with Crippen molar-refractivity contribution in [2.24, 2.45) is 5.41 Å². The number of alkyl carbamates (subject to hydrolysis) is 1. The summed E-state index contributed by atoms with van der Waals surface area (Å²) in [5.74, 6) is -1.82. The van der Waals surface area contributed by atoms with Gasteiger partial charge in [0.2, 0.25) is 0 Å². The molecule has 3 atom stereocenters. The SMILES string of the molecule is CCn1c(-c2cccnc2[C@H](C)OC)c(CC(C)(C)CO)c2cc(C3=C(F)CCN(C[C@H](NC(=O)OC(C)(C)C)C(=O)N4CCC[C@@H](C(=O)O)N4)C3)ccc21. The van der Waals surface area contributed by atoms with Crippen molar-refractivity contribution in [1.29, 1.82) is 0 Å². The molecule has 4 N–H and O–H groups in total. The Morgan fingerprint density at radius 2 is 1.89 bits per heavy atom. The number of aryl methyl sites for hydroxylation is 1. The van der Waals surface area contributed by atoms with E-state index in [1.165, 1.54) is 5.01 Å². The molecule has 3 aromatic rings. The number of hydrogen-bond donors (Lipinski definition) is 4. The van der Waals surface area contributed by atoms with E-state index in [0.29, 0.717) is 43.5 Å². The second kappa shape index (κ2) is 17.2. The molecular formula is C41H57FN6O7. The average Bonchev–Trinajstić information content (AvgIpc) is 3.45. The fourth-order valence-corrected chi connectivity index (χ4v) is 7.42. The van der Waals surface area contributed by atoms with Crippen LogP contribution in [0, 0.1) is 5.41 Å². The van der Waals surface area contributed by atoms with Gasteiger partial charge in [0.15, 0.2) is 0 Å². The highest BCUT2D eigenvalue weighted by molar-refractivity contribution is 5.95. The Hall–Kier alpha value is -4.37. The zero-order chi connectivity index (χ0) is 40.2. The topological polar surface area (TPSA) is 158 Å². The number of carboxylic acids is 1. The number of methoxy groups -OCH3 is 1. The standard InChI is InChI=1S/C41H57FN6O7/c1-9-47-34-15-14-26(20-28(34)29(21-41(6,7)24-49)36(47)27-12-10-17-43-35(27)25(2)54-8)30-22-46(19-16-31(30)42)23-33(44-39(53)55-40(3,4)5)37(50)48-18-11-13-32(45-48)38(51)52/h10,12,14-15,17,20,25,32-33,45,49H,9,11,13,16,18-19,21-24H2,1-8H3,(H,44,53)(H,51,52)/t25-,32-,33-/m0/s1. The van der Waals surface area contributed by atoms with Gasteiger partial charge in [0.25, 0.3) is 5.91 Å².